The van der Waals surface area contributed by atoms with Crippen molar-refractivity contribution in [3.05, 3.63) is 42.4 Å². The number of ether oxygens (including phenoxy) is 2. The number of benzene rings is 1. The molecule has 0 radical (unpaired) electrons. The number of nitrogens with zero attached hydrogens (tertiary/aromatic N) is 3. The van der Waals surface area contributed by atoms with Gasteiger partial charge in [-0.05, 0) is 37.3 Å². The number of carbonyl (C=O) groups excluding carboxylic acids is 1. The van der Waals surface area contributed by atoms with Gasteiger partial charge >= 0.3 is 0 Å². The lowest BCUT2D eigenvalue weighted by molar-refractivity contribution is -0.119. The Morgan fingerprint density at radius 3 is 2.75 bits per heavy atom. The van der Waals surface area contributed by atoms with Crippen molar-refractivity contribution < 1.29 is 18.7 Å². The van der Waals surface area contributed by atoms with Crippen LogP contribution in [0.1, 0.15) is 18.7 Å². The van der Waals surface area contributed by atoms with Crippen LogP contribution in [0.4, 0.5) is 0 Å². The summed E-state index contributed by atoms with van der Waals surface area (Å²) in [5.41, 5.74) is 0.718. The highest BCUT2D eigenvalue weighted by Gasteiger charge is 2.17. The Labute approximate surface area is 166 Å². The molecule has 2 heterocycles. The van der Waals surface area contributed by atoms with E-state index < -0.39 is 0 Å². The Morgan fingerprint density at radius 1 is 1.29 bits per heavy atom. The van der Waals surface area contributed by atoms with Crippen molar-refractivity contribution in [3.8, 4) is 22.9 Å². The topological polar surface area (TPSA) is 117 Å². The third-order valence-electron chi connectivity index (χ3n) is 3.99. The highest BCUT2D eigenvalue weighted by Crippen LogP contribution is 2.32. The van der Waals surface area contributed by atoms with Gasteiger partial charge in [-0.25, -0.2) is 4.68 Å². The molecule has 0 spiro atoms. The molecule has 1 aromatic carbocycles. The number of hydrogen-bond acceptors (Lipinski definition) is 8. The van der Waals surface area contributed by atoms with Gasteiger partial charge in [0.25, 0.3) is 0 Å². The van der Waals surface area contributed by atoms with Gasteiger partial charge in [-0.2, -0.15) is 0 Å². The Kier molecular flexibility index (Phi) is 6.09. The van der Waals surface area contributed by atoms with E-state index in [2.05, 4.69) is 15.5 Å². The van der Waals surface area contributed by atoms with E-state index in [9.17, 15) is 4.79 Å². The lowest BCUT2D eigenvalue weighted by Crippen LogP contribution is -2.28. The smallest absolute Gasteiger partial charge is 0.231 e. The Hall–Kier alpha value is -3.14. The molecule has 3 N–H and O–H groups in total. The predicted octanol–water partition coefficient (Wildman–Crippen LogP) is 2.24. The molecule has 0 unspecified atom stereocenters. The van der Waals surface area contributed by atoms with Crippen molar-refractivity contribution >= 4 is 17.7 Å². The number of hydrogen-bond donors (Lipinski definition) is 2. The van der Waals surface area contributed by atoms with E-state index in [1.165, 1.54) is 16.4 Å². The van der Waals surface area contributed by atoms with Gasteiger partial charge in [-0.1, -0.05) is 11.8 Å². The number of carbonyl (C=O) groups is 1. The standard InChI is InChI=1S/C18H21N5O4S/c1-11(13-5-4-8-27-13)20-16(24)10-28-18-22-21-17(23(18)19)12-6-7-14(25-2)15(9-12)26-3/h4-9,11H,10,19H2,1-3H3,(H,20,24)/t11-/m0/s1. The largest absolute Gasteiger partial charge is 0.493 e. The minimum absolute atomic E-state index is 0.145. The minimum atomic E-state index is -0.221. The molecule has 1 atom stereocenters. The fourth-order valence-corrected chi connectivity index (χ4v) is 3.24. The van der Waals surface area contributed by atoms with Crippen molar-refractivity contribution in [1.82, 2.24) is 20.2 Å². The van der Waals surface area contributed by atoms with E-state index in [0.717, 1.165) is 5.56 Å². The van der Waals surface area contributed by atoms with Crippen LogP contribution in [0, 0.1) is 0 Å². The summed E-state index contributed by atoms with van der Waals surface area (Å²) in [5, 5.41) is 11.5. The van der Waals surface area contributed by atoms with Gasteiger partial charge in [0.15, 0.2) is 17.3 Å². The van der Waals surface area contributed by atoms with E-state index in [0.29, 0.717) is 28.2 Å². The van der Waals surface area contributed by atoms with Crippen LogP contribution in [0.3, 0.4) is 0 Å². The Balaban J connectivity index is 1.65. The number of nitrogens with two attached hydrogens (primary N) is 1. The van der Waals surface area contributed by atoms with Crippen LogP contribution >= 0.6 is 11.8 Å². The molecule has 10 heteroatoms. The monoisotopic (exact) mass is 403 g/mol. The lowest BCUT2D eigenvalue weighted by atomic mass is 10.2. The molecule has 2 aromatic heterocycles. The normalized spacial score (nSPS) is 11.8. The molecule has 0 aliphatic carbocycles. The molecule has 0 aliphatic heterocycles. The number of thioether (sulfide) groups is 1. The van der Waals surface area contributed by atoms with Gasteiger partial charge in [0.05, 0.1) is 32.3 Å². The van der Waals surface area contributed by atoms with Gasteiger partial charge in [0, 0.05) is 5.56 Å². The third-order valence-corrected chi connectivity index (χ3v) is 4.93. The highest BCUT2D eigenvalue weighted by atomic mass is 32.2. The zero-order valence-corrected chi connectivity index (χ0v) is 16.5. The molecule has 0 fully saturated rings. The van der Waals surface area contributed by atoms with E-state index >= 15 is 0 Å². The SMILES string of the molecule is COc1ccc(-c2nnc(SCC(=O)N[C@@H](C)c3ccco3)n2N)cc1OC. The average molecular weight is 403 g/mol. The number of methoxy groups -OCH3 is 2. The molecule has 3 rings (SSSR count). The number of nitrogen functional groups attached to an aromatic ring is 1. The van der Waals surface area contributed by atoms with Crippen molar-refractivity contribution in [3.63, 3.8) is 0 Å². The van der Waals surface area contributed by atoms with E-state index in [-0.39, 0.29) is 17.7 Å². The molecule has 9 nitrogen and oxygen atoms in total. The number of rotatable bonds is 8. The van der Waals surface area contributed by atoms with Gasteiger partial charge in [-0.3, -0.25) is 4.79 Å². The van der Waals surface area contributed by atoms with Crippen LogP contribution in [-0.2, 0) is 4.79 Å². The molecule has 1 amide bonds. The average Bonchev–Trinajstić information content (AvgIpc) is 3.36. The third kappa shape index (κ3) is 4.22. The van der Waals surface area contributed by atoms with Crippen molar-refractivity contribution in [2.45, 2.75) is 18.1 Å². The first kappa shape index (κ1) is 19.6. The first-order valence-corrected chi connectivity index (χ1v) is 9.40. The molecule has 0 saturated heterocycles. The predicted molar refractivity (Wildman–Crippen MR) is 105 cm³/mol. The van der Waals surface area contributed by atoms with Crippen LogP contribution in [0.2, 0.25) is 0 Å². The zero-order chi connectivity index (χ0) is 20.1. The molecular formula is C18H21N5O4S. The number of nitrogens with one attached hydrogen (secondary N) is 1. The van der Waals surface area contributed by atoms with Gasteiger partial charge in [-0.15, -0.1) is 10.2 Å². The quantitative estimate of drug-likeness (QED) is 0.434. The van der Waals surface area contributed by atoms with Crippen LogP contribution in [0.5, 0.6) is 11.5 Å². The Bertz CT molecular complexity index is 942. The van der Waals surface area contributed by atoms with Crippen molar-refractivity contribution in [2.24, 2.45) is 0 Å². The summed E-state index contributed by atoms with van der Waals surface area (Å²) in [7, 11) is 3.12. The first-order chi connectivity index (χ1) is 13.5. The summed E-state index contributed by atoms with van der Waals surface area (Å²) in [5.74, 6) is 8.40. The molecular weight excluding hydrogens is 382 g/mol. The summed E-state index contributed by atoms with van der Waals surface area (Å²) in [4.78, 5) is 12.2. The first-order valence-electron chi connectivity index (χ1n) is 8.42. The fraction of sp³-hybridized carbons (Fsp3) is 0.278. The fourth-order valence-electron chi connectivity index (χ4n) is 2.57. The minimum Gasteiger partial charge on any atom is -0.493 e. The summed E-state index contributed by atoms with van der Waals surface area (Å²) >= 11 is 1.19. The lowest BCUT2D eigenvalue weighted by Gasteiger charge is -2.11. The van der Waals surface area contributed by atoms with Crippen LogP contribution in [0.25, 0.3) is 11.4 Å². The second-order valence-electron chi connectivity index (χ2n) is 5.84. The second-order valence-corrected chi connectivity index (χ2v) is 6.78. The van der Waals surface area contributed by atoms with E-state index in [4.69, 9.17) is 19.7 Å². The van der Waals surface area contributed by atoms with Crippen LogP contribution in [0.15, 0.2) is 46.2 Å². The van der Waals surface area contributed by atoms with E-state index in [1.54, 1.807) is 44.7 Å². The van der Waals surface area contributed by atoms with Gasteiger partial charge in [0.1, 0.15) is 5.76 Å². The molecule has 3 aromatic rings. The molecule has 148 valence electrons. The number of furan rings is 1. The van der Waals surface area contributed by atoms with Gasteiger partial charge < -0.3 is 25.1 Å². The summed E-state index contributed by atoms with van der Waals surface area (Å²) in [6, 6.07) is 8.70. The van der Waals surface area contributed by atoms with Crippen LogP contribution in [-0.4, -0.2) is 40.8 Å². The molecule has 0 aliphatic rings. The summed E-state index contributed by atoms with van der Waals surface area (Å²) in [6.45, 7) is 1.85. The maximum absolute atomic E-state index is 12.2. The molecule has 0 saturated carbocycles. The number of amides is 1. The summed E-state index contributed by atoms with van der Waals surface area (Å²) in [6.07, 6.45) is 1.57. The van der Waals surface area contributed by atoms with Gasteiger partial charge in [0.2, 0.25) is 11.1 Å². The summed E-state index contributed by atoms with van der Waals surface area (Å²) < 4.78 is 17.2. The second kappa shape index (κ2) is 8.70. The molecule has 28 heavy (non-hydrogen) atoms. The maximum Gasteiger partial charge on any atom is 0.231 e. The van der Waals surface area contributed by atoms with Crippen molar-refractivity contribution in [2.75, 3.05) is 25.8 Å². The maximum atomic E-state index is 12.2. The van der Waals surface area contributed by atoms with Crippen molar-refractivity contribution in [1.29, 1.82) is 0 Å². The Morgan fingerprint density at radius 2 is 2.07 bits per heavy atom. The highest BCUT2D eigenvalue weighted by molar-refractivity contribution is 7.99. The van der Waals surface area contributed by atoms with E-state index in [1.807, 2.05) is 13.0 Å². The molecule has 0 bridgehead atoms. The number of aromatic nitrogens is 3. The zero-order valence-electron chi connectivity index (χ0n) is 15.7. The van der Waals surface area contributed by atoms with Crippen LogP contribution < -0.4 is 20.6 Å².